The molecule has 0 aliphatic carbocycles. The SMILES string of the molecule is C=Cc1cc(C(C)C)c(N=C(C)c2cccc(C(C)=Nc3c(C(C)C)cccc3C(C)C)n2)c(C(C)C)c1.[Cl-].[Cl-].[Co+2]. The molecular formula is C35H45Cl2CoN3. The van der Waals surface area contributed by atoms with Gasteiger partial charge in [-0.25, -0.2) is 4.98 Å². The van der Waals surface area contributed by atoms with Crippen molar-refractivity contribution in [2.45, 2.75) is 92.9 Å². The van der Waals surface area contributed by atoms with Gasteiger partial charge in [-0.15, -0.1) is 0 Å². The molecule has 0 aliphatic rings. The average molecular weight is 638 g/mol. The Morgan fingerprint density at radius 2 is 0.976 bits per heavy atom. The van der Waals surface area contributed by atoms with Crippen molar-refractivity contribution in [3.05, 3.63) is 94.3 Å². The Kier molecular flexibility index (Phi) is 16.1. The molecule has 3 nitrogen and oxygen atoms in total. The first kappa shape index (κ1) is 38.8. The first-order valence-corrected chi connectivity index (χ1v) is 14.0. The normalized spacial score (nSPS) is 11.9. The van der Waals surface area contributed by atoms with E-state index in [1.54, 1.807) is 0 Å². The Morgan fingerprint density at radius 3 is 1.32 bits per heavy atom. The molecule has 41 heavy (non-hydrogen) atoms. The van der Waals surface area contributed by atoms with Crippen LogP contribution in [0.2, 0.25) is 0 Å². The summed E-state index contributed by atoms with van der Waals surface area (Å²) < 4.78 is 0. The number of hydrogen-bond donors (Lipinski definition) is 0. The molecule has 3 rings (SSSR count). The first-order valence-electron chi connectivity index (χ1n) is 14.0. The summed E-state index contributed by atoms with van der Waals surface area (Å²) in [6.45, 7) is 25.9. The van der Waals surface area contributed by atoms with Crippen LogP contribution in [0.1, 0.15) is 132 Å². The van der Waals surface area contributed by atoms with E-state index in [9.17, 15) is 0 Å². The zero-order valence-corrected chi connectivity index (χ0v) is 28.7. The van der Waals surface area contributed by atoms with Crippen LogP contribution in [-0.2, 0) is 16.8 Å². The maximum atomic E-state index is 5.19. The molecule has 0 atom stereocenters. The third-order valence-electron chi connectivity index (χ3n) is 7.06. The second-order valence-electron chi connectivity index (χ2n) is 11.5. The minimum absolute atomic E-state index is 0. The number of aliphatic imine (C=N–C) groups is 2. The average Bonchev–Trinajstić information content (AvgIpc) is 2.88. The van der Waals surface area contributed by atoms with Gasteiger partial charge in [0.2, 0.25) is 0 Å². The van der Waals surface area contributed by atoms with Gasteiger partial charge in [0.1, 0.15) is 0 Å². The molecule has 223 valence electrons. The Morgan fingerprint density at radius 1 is 0.634 bits per heavy atom. The zero-order valence-electron chi connectivity index (χ0n) is 26.1. The van der Waals surface area contributed by atoms with Gasteiger partial charge in [0.15, 0.2) is 0 Å². The number of nitrogens with zero attached hydrogens (tertiary/aromatic N) is 3. The van der Waals surface area contributed by atoms with Crippen LogP contribution in [0.4, 0.5) is 11.4 Å². The number of rotatable bonds is 9. The van der Waals surface area contributed by atoms with Gasteiger partial charge in [-0.05, 0) is 89.6 Å². The number of halogens is 2. The fourth-order valence-electron chi connectivity index (χ4n) is 4.76. The van der Waals surface area contributed by atoms with E-state index in [0.29, 0.717) is 23.7 Å². The van der Waals surface area contributed by atoms with Crippen LogP contribution < -0.4 is 24.8 Å². The predicted molar refractivity (Wildman–Crippen MR) is 167 cm³/mol. The van der Waals surface area contributed by atoms with Gasteiger partial charge in [-0.3, -0.25) is 9.98 Å². The van der Waals surface area contributed by atoms with Gasteiger partial charge in [0.25, 0.3) is 0 Å². The summed E-state index contributed by atoms with van der Waals surface area (Å²) in [5, 5.41) is 0. The van der Waals surface area contributed by atoms with Crippen LogP contribution in [0, 0.1) is 0 Å². The summed E-state index contributed by atoms with van der Waals surface area (Å²) in [7, 11) is 0. The van der Waals surface area contributed by atoms with Crippen LogP contribution in [0.15, 0.2) is 65.1 Å². The summed E-state index contributed by atoms with van der Waals surface area (Å²) >= 11 is 0. The van der Waals surface area contributed by atoms with Gasteiger partial charge >= 0.3 is 16.8 Å². The first-order chi connectivity index (χ1) is 17.9. The zero-order chi connectivity index (χ0) is 28.1. The largest absolute Gasteiger partial charge is 2.00 e. The molecule has 0 aliphatic heterocycles. The Hall–Kier alpha value is -2.24. The van der Waals surface area contributed by atoms with Crippen molar-refractivity contribution in [2.75, 3.05) is 0 Å². The van der Waals surface area contributed by atoms with E-state index in [2.05, 4.69) is 112 Å². The molecule has 0 bridgehead atoms. The minimum Gasteiger partial charge on any atom is -1.00 e. The maximum Gasteiger partial charge on any atom is 2.00 e. The van der Waals surface area contributed by atoms with Crippen LogP contribution in [0.3, 0.4) is 0 Å². The Balaban J connectivity index is 0.00000533. The molecule has 0 saturated heterocycles. The maximum absolute atomic E-state index is 5.19. The van der Waals surface area contributed by atoms with Crippen LogP contribution >= 0.6 is 0 Å². The molecule has 0 spiro atoms. The molecule has 0 N–H and O–H groups in total. The van der Waals surface area contributed by atoms with Gasteiger partial charge in [-0.2, -0.15) is 0 Å². The molecule has 6 heteroatoms. The number of aromatic nitrogens is 1. The van der Waals surface area contributed by atoms with E-state index >= 15 is 0 Å². The van der Waals surface area contributed by atoms with Crippen molar-refractivity contribution < 1.29 is 41.6 Å². The van der Waals surface area contributed by atoms with Crippen molar-refractivity contribution in [3.8, 4) is 0 Å². The standard InChI is InChI=1S/C35H45N3.2ClH.Co/c1-12-27-19-30(23(6)7)35(31(20-27)24(8)9)37-26(11)33-18-14-17-32(38-33)25(10)36-34-28(21(2)3)15-13-16-29(34)22(4)5;;;/h12-24H,1H2,2-11H3;2*1H;/q;;;+2/p-2. The van der Waals surface area contributed by atoms with Crippen LogP contribution in [-0.4, -0.2) is 16.4 Å². The van der Waals surface area contributed by atoms with E-state index in [0.717, 1.165) is 39.7 Å². The number of benzene rings is 2. The number of pyridine rings is 1. The monoisotopic (exact) mass is 636 g/mol. The van der Waals surface area contributed by atoms with E-state index in [-0.39, 0.29) is 41.6 Å². The number of para-hydroxylation sites is 1. The van der Waals surface area contributed by atoms with E-state index in [1.807, 2.05) is 18.2 Å². The third kappa shape index (κ3) is 9.38. The van der Waals surface area contributed by atoms with Crippen molar-refractivity contribution in [2.24, 2.45) is 9.98 Å². The second kappa shape index (κ2) is 17.0. The fraction of sp³-hybridized carbons (Fsp3) is 0.400. The van der Waals surface area contributed by atoms with E-state index < -0.39 is 0 Å². The molecule has 1 heterocycles. The summed E-state index contributed by atoms with van der Waals surface area (Å²) in [5.74, 6) is 1.49. The van der Waals surface area contributed by atoms with E-state index in [4.69, 9.17) is 15.0 Å². The second-order valence-corrected chi connectivity index (χ2v) is 11.5. The summed E-state index contributed by atoms with van der Waals surface area (Å²) in [6.07, 6.45) is 1.92. The summed E-state index contributed by atoms with van der Waals surface area (Å²) in [5.41, 5.74) is 11.9. The summed E-state index contributed by atoms with van der Waals surface area (Å²) in [4.78, 5) is 15.4. The van der Waals surface area contributed by atoms with Gasteiger partial charge < -0.3 is 24.8 Å². The Labute approximate surface area is 271 Å². The number of hydrogen-bond acceptors (Lipinski definition) is 3. The minimum atomic E-state index is 0. The molecule has 0 unspecified atom stereocenters. The van der Waals surface area contributed by atoms with Crippen molar-refractivity contribution in [1.29, 1.82) is 0 Å². The quantitative estimate of drug-likeness (QED) is 0.319. The van der Waals surface area contributed by atoms with Crippen LogP contribution in [0.5, 0.6) is 0 Å². The van der Waals surface area contributed by atoms with Crippen molar-refractivity contribution in [1.82, 2.24) is 4.98 Å². The smallest absolute Gasteiger partial charge is 1.00 e. The van der Waals surface area contributed by atoms with Crippen molar-refractivity contribution in [3.63, 3.8) is 0 Å². The summed E-state index contributed by atoms with van der Waals surface area (Å²) in [6, 6.07) is 17.1. The topological polar surface area (TPSA) is 37.6 Å². The molecule has 2 aromatic carbocycles. The predicted octanol–water partition coefficient (Wildman–Crippen LogP) is 4.51. The molecule has 3 aromatic rings. The fourth-order valence-corrected chi connectivity index (χ4v) is 4.76. The molecule has 1 aromatic heterocycles. The van der Waals surface area contributed by atoms with Gasteiger partial charge in [-0.1, -0.05) is 92.3 Å². The molecule has 0 fully saturated rings. The van der Waals surface area contributed by atoms with Gasteiger partial charge in [0.05, 0.1) is 34.2 Å². The van der Waals surface area contributed by atoms with Crippen molar-refractivity contribution >= 4 is 28.9 Å². The molecule has 0 saturated carbocycles. The molecule has 1 radical (unpaired) electrons. The Bertz CT molecular complexity index is 1320. The van der Waals surface area contributed by atoms with E-state index in [1.165, 1.54) is 22.3 Å². The van der Waals surface area contributed by atoms with Gasteiger partial charge in [0, 0.05) is 0 Å². The van der Waals surface area contributed by atoms with Crippen LogP contribution in [0.25, 0.3) is 6.08 Å². The molecule has 0 amide bonds. The third-order valence-corrected chi connectivity index (χ3v) is 7.06. The molecular weight excluding hydrogens is 592 g/mol.